The molecule has 0 aliphatic rings. The Morgan fingerprint density at radius 3 is 2.35 bits per heavy atom. The molecule has 0 atom stereocenters. The molecule has 0 spiro atoms. The van der Waals surface area contributed by atoms with Gasteiger partial charge in [0.25, 0.3) is 0 Å². The Balaban J connectivity index is 2.59. The van der Waals surface area contributed by atoms with Crippen molar-refractivity contribution >= 4 is 0 Å². The summed E-state index contributed by atoms with van der Waals surface area (Å²) in [4.78, 5) is 0. The highest BCUT2D eigenvalue weighted by molar-refractivity contribution is 5.74. The number of hydrogen-bond donors (Lipinski definition) is 0. The predicted octanol–water partition coefficient (Wildman–Crippen LogP) is 4.63. The molecule has 0 aliphatic heterocycles. The van der Waals surface area contributed by atoms with Crippen molar-refractivity contribution in [2.45, 2.75) is 26.7 Å². The molecular weight excluding hydrogens is 248 g/mol. The maximum Gasteiger partial charge on any atom is 0.126 e. The van der Waals surface area contributed by atoms with Crippen LogP contribution in [0, 0.1) is 6.92 Å². The van der Waals surface area contributed by atoms with Crippen molar-refractivity contribution in [3.63, 3.8) is 0 Å². The lowest BCUT2D eigenvalue weighted by Crippen LogP contribution is -1.95. The van der Waals surface area contributed by atoms with E-state index < -0.39 is 0 Å². The Kier molecular flexibility index (Phi) is 4.67. The van der Waals surface area contributed by atoms with E-state index >= 15 is 0 Å². The van der Waals surface area contributed by atoms with E-state index in [-0.39, 0.29) is 0 Å². The van der Waals surface area contributed by atoms with Gasteiger partial charge in [-0.2, -0.15) is 0 Å². The van der Waals surface area contributed by atoms with Gasteiger partial charge >= 0.3 is 0 Å². The van der Waals surface area contributed by atoms with E-state index in [0.717, 1.165) is 29.9 Å². The van der Waals surface area contributed by atoms with Crippen molar-refractivity contribution in [3.05, 3.63) is 47.5 Å². The second kappa shape index (κ2) is 6.47. The topological polar surface area (TPSA) is 18.5 Å². The summed E-state index contributed by atoms with van der Waals surface area (Å²) in [6.45, 7) is 4.29. The fraction of sp³-hybridized carbons (Fsp3) is 0.333. The molecule has 2 rings (SSSR count). The van der Waals surface area contributed by atoms with E-state index in [4.69, 9.17) is 9.47 Å². The standard InChI is InChI=1S/C18H22O2/c1-5-6-14-12-15(19-3)8-9-16(14)17-11-13(2)7-10-18(17)20-4/h7-12H,5-6H2,1-4H3. The highest BCUT2D eigenvalue weighted by atomic mass is 16.5. The molecule has 2 nitrogen and oxygen atoms in total. The van der Waals surface area contributed by atoms with Gasteiger partial charge in [-0.1, -0.05) is 31.0 Å². The summed E-state index contributed by atoms with van der Waals surface area (Å²) in [5.74, 6) is 1.82. The Labute approximate surface area is 121 Å². The third kappa shape index (κ3) is 2.96. The minimum Gasteiger partial charge on any atom is -0.497 e. The van der Waals surface area contributed by atoms with Crippen LogP contribution in [-0.2, 0) is 6.42 Å². The van der Waals surface area contributed by atoms with Crippen LogP contribution in [0.4, 0.5) is 0 Å². The van der Waals surface area contributed by atoms with Crippen LogP contribution in [0.5, 0.6) is 11.5 Å². The third-order valence-corrected chi connectivity index (χ3v) is 3.48. The van der Waals surface area contributed by atoms with E-state index in [1.165, 1.54) is 16.7 Å². The van der Waals surface area contributed by atoms with Crippen molar-refractivity contribution in [3.8, 4) is 22.6 Å². The fourth-order valence-corrected chi connectivity index (χ4v) is 2.47. The lowest BCUT2D eigenvalue weighted by atomic mass is 9.95. The molecule has 0 aliphatic carbocycles. The molecule has 2 heteroatoms. The number of benzene rings is 2. The van der Waals surface area contributed by atoms with E-state index in [1.54, 1.807) is 14.2 Å². The Bertz CT molecular complexity index is 588. The first-order chi connectivity index (χ1) is 9.69. The quantitative estimate of drug-likeness (QED) is 0.788. The third-order valence-electron chi connectivity index (χ3n) is 3.48. The molecule has 0 fully saturated rings. The van der Waals surface area contributed by atoms with Crippen LogP contribution in [0.1, 0.15) is 24.5 Å². The van der Waals surface area contributed by atoms with Gasteiger partial charge in [0, 0.05) is 5.56 Å². The largest absolute Gasteiger partial charge is 0.497 e. The normalized spacial score (nSPS) is 10.4. The smallest absolute Gasteiger partial charge is 0.126 e. The first-order valence-corrected chi connectivity index (χ1v) is 7.01. The molecule has 0 aromatic heterocycles. The van der Waals surface area contributed by atoms with Gasteiger partial charge in [-0.25, -0.2) is 0 Å². The number of hydrogen-bond acceptors (Lipinski definition) is 2. The predicted molar refractivity (Wildman–Crippen MR) is 83.7 cm³/mol. The molecule has 20 heavy (non-hydrogen) atoms. The Morgan fingerprint density at radius 1 is 0.900 bits per heavy atom. The maximum atomic E-state index is 5.51. The molecule has 0 N–H and O–H groups in total. The van der Waals surface area contributed by atoms with Gasteiger partial charge in [0.05, 0.1) is 14.2 Å². The summed E-state index contributed by atoms with van der Waals surface area (Å²) in [5, 5.41) is 0. The average molecular weight is 270 g/mol. The molecule has 0 bridgehead atoms. The molecule has 0 radical (unpaired) electrons. The van der Waals surface area contributed by atoms with E-state index in [0.29, 0.717) is 0 Å². The second-order valence-electron chi connectivity index (χ2n) is 4.98. The monoisotopic (exact) mass is 270 g/mol. The van der Waals surface area contributed by atoms with Gasteiger partial charge < -0.3 is 9.47 Å². The molecule has 0 unspecified atom stereocenters. The van der Waals surface area contributed by atoms with Crippen LogP contribution < -0.4 is 9.47 Å². The van der Waals surface area contributed by atoms with Crippen LogP contribution in [0.3, 0.4) is 0 Å². The van der Waals surface area contributed by atoms with Crippen molar-refractivity contribution < 1.29 is 9.47 Å². The number of ether oxygens (including phenoxy) is 2. The van der Waals surface area contributed by atoms with Gasteiger partial charge in [-0.3, -0.25) is 0 Å². The van der Waals surface area contributed by atoms with Crippen molar-refractivity contribution in [1.29, 1.82) is 0 Å². The summed E-state index contributed by atoms with van der Waals surface area (Å²) >= 11 is 0. The van der Waals surface area contributed by atoms with E-state index in [9.17, 15) is 0 Å². The summed E-state index contributed by atoms with van der Waals surface area (Å²) in [7, 11) is 3.43. The van der Waals surface area contributed by atoms with Gasteiger partial charge in [0.15, 0.2) is 0 Å². The van der Waals surface area contributed by atoms with Crippen molar-refractivity contribution in [1.82, 2.24) is 0 Å². The number of methoxy groups -OCH3 is 2. The molecular formula is C18H22O2. The van der Waals surface area contributed by atoms with Gasteiger partial charge in [0.2, 0.25) is 0 Å². The molecule has 0 heterocycles. The molecule has 0 amide bonds. The first-order valence-electron chi connectivity index (χ1n) is 7.01. The highest BCUT2D eigenvalue weighted by Gasteiger charge is 2.11. The minimum absolute atomic E-state index is 0.906. The summed E-state index contributed by atoms with van der Waals surface area (Å²) in [6.07, 6.45) is 2.14. The van der Waals surface area contributed by atoms with Crippen LogP contribution >= 0.6 is 0 Å². The second-order valence-corrected chi connectivity index (χ2v) is 4.98. The minimum atomic E-state index is 0.906. The number of aryl methyl sites for hydroxylation is 2. The molecule has 2 aromatic rings. The first kappa shape index (κ1) is 14.4. The zero-order valence-corrected chi connectivity index (χ0v) is 12.7. The maximum absolute atomic E-state index is 5.51. The van der Waals surface area contributed by atoms with Crippen LogP contribution in [0.2, 0.25) is 0 Å². The summed E-state index contributed by atoms with van der Waals surface area (Å²) in [5.41, 5.74) is 4.92. The highest BCUT2D eigenvalue weighted by Crippen LogP contribution is 2.35. The summed E-state index contributed by atoms with van der Waals surface area (Å²) < 4.78 is 10.9. The zero-order valence-electron chi connectivity index (χ0n) is 12.7. The lowest BCUT2D eigenvalue weighted by Gasteiger charge is -2.15. The Hall–Kier alpha value is -1.96. The van der Waals surface area contributed by atoms with Crippen LogP contribution in [0.15, 0.2) is 36.4 Å². The van der Waals surface area contributed by atoms with Crippen molar-refractivity contribution in [2.75, 3.05) is 14.2 Å². The lowest BCUT2D eigenvalue weighted by molar-refractivity contribution is 0.413. The van der Waals surface area contributed by atoms with E-state index in [1.807, 2.05) is 12.1 Å². The molecule has 2 aromatic carbocycles. The fourth-order valence-electron chi connectivity index (χ4n) is 2.47. The molecule has 106 valence electrons. The Morgan fingerprint density at radius 2 is 1.70 bits per heavy atom. The van der Waals surface area contributed by atoms with Gasteiger partial charge in [-0.15, -0.1) is 0 Å². The SMILES string of the molecule is CCCc1cc(OC)ccc1-c1cc(C)ccc1OC. The molecule has 0 saturated carbocycles. The zero-order chi connectivity index (χ0) is 14.5. The van der Waals surface area contributed by atoms with Gasteiger partial charge in [-0.05, 0) is 48.7 Å². The van der Waals surface area contributed by atoms with E-state index in [2.05, 4.69) is 38.1 Å². The average Bonchev–Trinajstić information content (AvgIpc) is 2.47. The van der Waals surface area contributed by atoms with Crippen molar-refractivity contribution in [2.24, 2.45) is 0 Å². The van der Waals surface area contributed by atoms with Crippen LogP contribution in [-0.4, -0.2) is 14.2 Å². The summed E-state index contributed by atoms with van der Waals surface area (Å²) in [6, 6.07) is 12.5. The van der Waals surface area contributed by atoms with Crippen LogP contribution in [0.25, 0.3) is 11.1 Å². The molecule has 0 saturated heterocycles. The van der Waals surface area contributed by atoms with Gasteiger partial charge in [0.1, 0.15) is 11.5 Å². The number of rotatable bonds is 5.